The van der Waals surface area contributed by atoms with Crippen molar-refractivity contribution in [1.29, 1.82) is 0 Å². The summed E-state index contributed by atoms with van der Waals surface area (Å²) in [5.41, 5.74) is 8.25. The van der Waals surface area contributed by atoms with Crippen molar-refractivity contribution in [3.05, 3.63) is 35.4 Å². The Balaban J connectivity index is 1.55. The summed E-state index contributed by atoms with van der Waals surface area (Å²) in [6.07, 6.45) is 5.34. The van der Waals surface area contributed by atoms with Gasteiger partial charge in [-0.2, -0.15) is 0 Å². The van der Waals surface area contributed by atoms with Crippen LogP contribution in [0.1, 0.15) is 49.7 Å². The topological polar surface area (TPSA) is 75.4 Å². The summed E-state index contributed by atoms with van der Waals surface area (Å²) >= 11 is 0. The van der Waals surface area contributed by atoms with Gasteiger partial charge in [-0.1, -0.05) is 30.7 Å². The Morgan fingerprint density at radius 3 is 2.67 bits per heavy atom. The van der Waals surface area contributed by atoms with Gasteiger partial charge >= 0.3 is 0 Å². The zero-order valence-electron chi connectivity index (χ0n) is 14.2. The van der Waals surface area contributed by atoms with E-state index in [0.717, 1.165) is 43.4 Å². The molecule has 0 spiro atoms. The smallest absolute Gasteiger partial charge is 0.222 e. The number of hydrogen-bond donors (Lipinski definition) is 2. The molecular formula is C19H27N3O2. The van der Waals surface area contributed by atoms with Crippen molar-refractivity contribution >= 4 is 11.8 Å². The molecule has 2 amide bonds. The van der Waals surface area contributed by atoms with E-state index in [1.165, 1.54) is 0 Å². The largest absolute Gasteiger partial charge is 0.352 e. The molecule has 0 aromatic heterocycles. The lowest BCUT2D eigenvalue weighted by atomic mass is 9.99. The van der Waals surface area contributed by atoms with Gasteiger partial charge in [0.25, 0.3) is 0 Å². The van der Waals surface area contributed by atoms with Crippen molar-refractivity contribution in [2.75, 3.05) is 6.54 Å². The number of hydrogen-bond acceptors (Lipinski definition) is 3. The summed E-state index contributed by atoms with van der Waals surface area (Å²) < 4.78 is 0. The van der Waals surface area contributed by atoms with Gasteiger partial charge in [0.05, 0.1) is 0 Å². The van der Waals surface area contributed by atoms with Gasteiger partial charge in [-0.25, -0.2) is 0 Å². The van der Waals surface area contributed by atoms with Crippen LogP contribution in [0.15, 0.2) is 24.3 Å². The summed E-state index contributed by atoms with van der Waals surface area (Å²) in [5, 5.41) is 3.02. The average Bonchev–Trinajstić information content (AvgIpc) is 3.16. The number of nitrogens with zero attached hydrogens (tertiary/aromatic N) is 1. The SMILES string of the molecule is N[C@@H]1CCC[C@H]1CC(=O)NCc1ccccc1CN1CCCC1=O. The standard InChI is InChI=1S/C19H27N3O2/c20-17-8-3-7-14(17)11-18(23)21-12-15-5-1-2-6-16(15)13-22-10-4-9-19(22)24/h1-2,5-6,14,17H,3-4,7-13,20H2,(H,21,23)/t14-,17+/m0/s1. The molecule has 1 saturated carbocycles. The predicted octanol–water partition coefficient (Wildman–Crippen LogP) is 1.94. The molecule has 2 atom stereocenters. The van der Waals surface area contributed by atoms with Crippen LogP contribution in [0.2, 0.25) is 0 Å². The van der Waals surface area contributed by atoms with E-state index < -0.39 is 0 Å². The number of nitrogens with one attached hydrogen (secondary N) is 1. The van der Waals surface area contributed by atoms with Crippen LogP contribution in [0.4, 0.5) is 0 Å². The Bertz CT molecular complexity index is 602. The zero-order valence-corrected chi connectivity index (χ0v) is 14.2. The van der Waals surface area contributed by atoms with Crippen LogP contribution >= 0.6 is 0 Å². The highest BCUT2D eigenvalue weighted by Gasteiger charge is 2.26. The maximum Gasteiger partial charge on any atom is 0.222 e. The summed E-state index contributed by atoms with van der Waals surface area (Å²) in [6.45, 7) is 1.98. The summed E-state index contributed by atoms with van der Waals surface area (Å²) in [5.74, 6) is 0.621. The third-order valence-corrected chi connectivity index (χ3v) is 5.29. The predicted molar refractivity (Wildman–Crippen MR) is 92.9 cm³/mol. The monoisotopic (exact) mass is 329 g/mol. The third-order valence-electron chi connectivity index (χ3n) is 5.29. The molecule has 5 heteroatoms. The fourth-order valence-corrected chi connectivity index (χ4v) is 3.78. The van der Waals surface area contributed by atoms with Crippen LogP contribution < -0.4 is 11.1 Å². The minimum atomic E-state index is 0.0735. The van der Waals surface area contributed by atoms with Crippen LogP contribution in [0.3, 0.4) is 0 Å². The second-order valence-electron chi connectivity index (χ2n) is 7.02. The molecule has 24 heavy (non-hydrogen) atoms. The van der Waals surface area contributed by atoms with Crippen molar-refractivity contribution in [2.45, 2.75) is 57.7 Å². The number of benzene rings is 1. The van der Waals surface area contributed by atoms with E-state index >= 15 is 0 Å². The van der Waals surface area contributed by atoms with Gasteiger partial charge in [-0.3, -0.25) is 9.59 Å². The fourth-order valence-electron chi connectivity index (χ4n) is 3.78. The Hall–Kier alpha value is -1.88. The average molecular weight is 329 g/mol. The highest BCUT2D eigenvalue weighted by atomic mass is 16.2. The van der Waals surface area contributed by atoms with E-state index in [9.17, 15) is 9.59 Å². The van der Waals surface area contributed by atoms with Crippen LogP contribution in [-0.2, 0) is 22.7 Å². The third kappa shape index (κ3) is 4.15. The molecule has 0 unspecified atom stereocenters. The van der Waals surface area contributed by atoms with Crippen LogP contribution in [0.5, 0.6) is 0 Å². The minimum Gasteiger partial charge on any atom is -0.352 e. The minimum absolute atomic E-state index is 0.0735. The number of carbonyl (C=O) groups excluding carboxylic acids is 2. The molecule has 1 aliphatic heterocycles. The van der Waals surface area contributed by atoms with Crippen molar-refractivity contribution in [3.8, 4) is 0 Å². The number of likely N-dealkylation sites (tertiary alicyclic amines) is 1. The van der Waals surface area contributed by atoms with Gasteiger partial charge in [-0.15, -0.1) is 0 Å². The lowest BCUT2D eigenvalue weighted by molar-refractivity contribution is -0.128. The Morgan fingerprint density at radius 1 is 1.21 bits per heavy atom. The first-order valence-corrected chi connectivity index (χ1v) is 9.00. The number of rotatable bonds is 6. The quantitative estimate of drug-likeness (QED) is 0.837. The molecule has 0 bridgehead atoms. The molecule has 1 saturated heterocycles. The van der Waals surface area contributed by atoms with E-state index in [4.69, 9.17) is 5.73 Å². The molecule has 3 rings (SSSR count). The molecule has 0 radical (unpaired) electrons. The molecule has 1 aromatic rings. The molecule has 1 aliphatic carbocycles. The first-order chi connectivity index (χ1) is 11.6. The second-order valence-corrected chi connectivity index (χ2v) is 7.02. The highest BCUT2D eigenvalue weighted by Crippen LogP contribution is 2.26. The maximum absolute atomic E-state index is 12.2. The molecule has 2 fully saturated rings. The lowest BCUT2D eigenvalue weighted by Gasteiger charge is -2.19. The normalized spacial score (nSPS) is 23.7. The van der Waals surface area contributed by atoms with Gasteiger partial charge < -0.3 is 16.0 Å². The van der Waals surface area contributed by atoms with Gasteiger partial charge in [0, 0.05) is 38.5 Å². The maximum atomic E-state index is 12.2. The molecule has 1 aromatic carbocycles. The van der Waals surface area contributed by atoms with Crippen molar-refractivity contribution < 1.29 is 9.59 Å². The number of carbonyl (C=O) groups is 2. The number of nitrogens with two attached hydrogens (primary N) is 1. The molecule has 2 aliphatic rings. The van der Waals surface area contributed by atoms with E-state index in [2.05, 4.69) is 5.32 Å². The summed E-state index contributed by atoms with van der Waals surface area (Å²) in [6, 6.07) is 8.20. The van der Waals surface area contributed by atoms with Gasteiger partial charge in [0.2, 0.25) is 11.8 Å². The first kappa shape index (κ1) is 17.0. The Kier molecular flexibility index (Phi) is 5.51. The first-order valence-electron chi connectivity index (χ1n) is 9.00. The van der Waals surface area contributed by atoms with Crippen LogP contribution in [-0.4, -0.2) is 29.3 Å². The van der Waals surface area contributed by atoms with Crippen LogP contribution in [0.25, 0.3) is 0 Å². The molecule has 3 N–H and O–H groups in total. The van der Waals surface area contributed by atoms with Gasteiger partial charge in [0.1, 0.15) is 0 Å². The van der Waals surface area contributed by atoms with Crippen molar-refractivity contribution in [3.63, 3.8) is 0 Å². The lowest BCUT2D eigenvalue weighted by Crippen LogP contribution is -2.31. The highest BCUT2D eigenvalue weighted by molar-refractivity contribution is 5.78. The van der Waals surface area contributed by atoms with Crippen molar-refractivity contribution in [2.24, 2.45) is 11.7 Å². The van der Waals surface area contributed by atoms with Crippen LogP contribution in [0, 0.1) is 5.92 Å². The molecule has 130 valence electrons. The summed E-state index contributed by atoms with van der Waals surface area (Å²) in [4.78, 5) is 25.9. The van der Waals surface area contributed by atoms with E-state index in [-0.39, 0.29) is 17.9 Å². The molecule has 1 heterocycles. The fraction of sp³-hybridized carbons (Fsp3) is 0.579. The van der Waals surface area contributed by atoms with E-state index in [1.807, 2.05) is 29.2 Å². The number of amides is 2. The van der Waals surface area contributed by atoms with Gasteiger partial charge in [0.15, 0.2) is 0 Å². The molecule has 5 nitrogen and oxygen atoms in total. The molecular weight excluding hydrogens is 302 g/mol. The summed E-state index contributed by atoms with van der Waals surface area (Å²) in [7, 11) is 0. The van der Waals surface area contributed by atoms with Gasteiger partial charge in [-0.05, 0) is 36.3 Å². The second kappa shape index (κ2) is 7.79. The Labute approximate surface area is 143 Å². The van der Waals surface area contributed by atoms with E-state index in [1.54, 1.807) is 0 Å². The zero-order chi connectivity index (χ0) is 16.9. The van der Waals surface area contributed by atoms with E-state index in [0.29, 0.717) is 31.8 Å². The van der Waals surface area contributed by atoms with Crippen molar-refractivity contribution in [1.82, 2.24) is 10.2 Å². The Morgan fingerprint density at radius 2 is 2.00 bits per heavy atom.